The molecular weight excluding hydrogens is 420 g/mol. The molecule has 0 aliphatic carbocycles. The zero-order valence-corrected chi connectivity index (χ0v) is 19.9. The lowest BCUT2D eigenvalue weighted by Crippen LogP contribution is -2.35. The van der Waals surface area contributed by atoms with Crippen molar-refractivity contribution in [3.8, 4) is 11.5 Å². The van der Waals surface area contributed by atoms with Crippen molar-refractivity contribution in [3.05, 3.63) is 59.8 Å². The summed E-state index contributed by atoms with van der Waals surface area (Å²) in [5.74, 6) is 1.13. The van der Waals surface area contributed by atoms with Crippen molar-refractivity contribution < 1.29 is 23.8 Å². The lowest BCUT2D eigenvalue weighted by Gasteiger charge is -2.14. The van der Waals surface area contributed by atoms with E-state index in [0.29, 0.717) is 29.3 Å². The molecule has 2 aromatic carbocycles. The molecule has 0 spiro atoms. The molecule has 1 aliphatic rings. The normalized spacial score (nSPS) is 14.0. The number of carbonyl (C=O) groups is 2. The van der Waals surface area contributed by atoms with Crippen molar-refractivity contribution in [2.45, 2.75) is 33.8 Å². The predicted octanol–water partition coefficient (Wildman–Crippen LogP) is 4.35. The molecular formula is C26H32N2O5. The summed E-state index contributed by atoms with van der Waals surface area (Å²) in [5.41, 5.74) is 1.90. The molecule has 2 amide bonds. The van der Waals surface area contributed by atoms with E-state index in [2.05, 4.69) is 19.2 Å². The van der Waals surface area contributed by atoms with Gasteiger partial charge in [-0.3, -0.25) is 14.5 Å². The van der Waals surface area contributed by atoms with Gasteiger partial charge < -0.3 is 19.5 Å². The van der Waals surface area contributed by atoms with Crippen LogP contribution in [0.25, 0.3) is 5.57 Å². The van der Waals surface area contributed by atoms with Crippen molar-refractivity contribution in [2.24, 2.45) is 5.92 Å². The van der Waals surface area contributed by atoms with Crippen LogP contribution in [0.3, 0.4) is 0 Å². The number of hydrogen-bond acceptors (Lipinski definition) is 6. The second-order valence-corrected chi connectivity index (χ2v) is 8.55. The van der Waals surface area contributed by atoms with E-state index in [9.17, 15) is 9.59 Å². The van der Waals surface area contributed by atoms with E-state index in [1.165, 1.54) is 12.0 Å². The fourth-order valence-electron chi connectivity index (χ4n) is 3.36. The first-order chi connectivity index (χ1) is 15.8. The summed E-state index contributed by atoms with van der Waals surface area (Å²) >= 11 is 0. The largest absolute Gasteiger partial charge is 0.493 e. The van der Waals surface area contributed by atoms with Gasteiger partial charge >= 0.3 is 0 Å². The lowest BCUT2D eigenvalue weighted by molar-refractivity contribution is -0.137. The third-order valence-corrected chi connectivity index (χ3v) is 4.91. The molecule has 0 atom stereocenters. The van der Waals surface area contributed by atoms with E-state index in [4.69, 9.17) is 14.2 Å². The molecule has 7 heteroatoms. The van der Waals surface area contributed by atoms with Gasteiger partial charge in [0.05, 0.1) is 31.4 Å². The summed E-state index contributed by atoms with van der Waals surface area (Å²) < 4.78 is 16.5. The van der Waals surface area contributed by atoms with E-state index in [0.717, 1.165) is 11.5 Å². The van der Waals surface area contributed by atoms with Gasteiger partial charge in [0, 0.05) is 12.8 Å². The minimum Gasteiger partial charge on any atom is -0.493 e. The van der Waals surface area contributed by atoms with Crippen LogP contribution in [0.4, 0.5) is 5.69 Å². The Kier molecular flexibility index (Phi) is 8.11. The second-order valence-electron chi connectivity index (χ2n) is 8.55. The van der Waals surface area contributed by atoms with Crippen LogP contribution in [0, 0.1) is 5.92 Å². The van der Waals surface area contributed by atoms with Crippen molar-refractivity contribution in [3.63, 3.8) is 0 Å². The molecule has 3 rings (SSSR count). The molecule has 2 aromatic rings. The van der Waals surface area contributed by atoms with E-state index in [1.807, 2.05) is 50.2 Å². The van der Waals surface area contributed by atoms with Crippen LogP contribution in [0.15, 0.2) is 54.2 Å². The molecule has 0 radical (unpaired) electrons. The molecule has 0 fully saturated rings. The number of nitrogens with zero attached hydrogens (tertiary/aromatic N) is 1. The van der Waals surface area contributed by atoms with Crippen LogP contribution in [-0.2, 0) is 14.3 Å². The van der Waals surface area contributed by atoms with Crippen LogP contribution < -0.4 is 14.8 Å². The standard InChI is InChI=1S/C26H32N2O5/c1-17(2)16-32-21-10-6-19(7-11-21)23-24(26(30)28(25(23)29)14-15-31-5)27-20-8-12-22(13-9-20)33-18(3)4/h6-13,17-18,27H,14-16H2,1-5H3. The third kappa shape index (κ3) is 6.14. The van der Waals surface area contributed by atoms with Crippen LogP contribution in [0.2, 0.25) is 0 Å². The number of imide groups is 1. The third-order valence-electron chi connectivity index (χ3n) is 4.91. The Bertz CT molecular complexity index is 994. The maximum atomic E-state index is 13.2. The second kappa shape index (κ2) is 11.0. The first-order valence-electron chi connectivity index (χ1n) is 11.2. The average molecular weight is 453 g/mol. The Morgan fingerprint density at radius 2 is 1.52 bits per heavy atom. The van der Waals surface area contributed by atoms with Crippen molar-refractivity contribution in [1.82, 2.24) is 4.90 Å². The topological polar surface area (TPSA) is 77.1 Å². The highest BCUT2D eigenvalue weighted by Crippen LogP contribution is 2.32. The highest BCUT2D eigenvalue weighted by Gasteiger charge is 2.39. The van der Waals surface area contributed by atoms with E-state index in [-0.39, 0.29) is 36.8 Å². The summed E-state index contributed by atoms with van der Waals surface area (Å²) in [7, 11) is 1.54. The summed E-state index contributed by atoms with van der Waals surface area (Å²) in [4.78, 5) is 27.6. The van der Waals surface area contributed by atoms with E-state index in [1.54, 1.807) is 12.1 Å². The van der Waals surface area contributed by atoms with Crippen LogP contribution >= 0.6 is 0 Å². The number of carbonyl (C=O) groups excluding carboxylic acids is 2. The highest BCUT2D eigenvalue weighted by atomic mass is 16.5. The first-order valence-corrected chi connectivity index (χ1v) is 11.2. The van der Waals surface area contributed by atoms with Crippen molar-refractivity contribution in [1.29, 1.82) is 0 Å². The van der Waals surface area contributed by atoms with Gasteiger partial charge in [-0.1, -0.05) is 26.0 Å². The van der Waals surface area contributed by atoms with Gasteiger partial charge in [0.1, 0.15) is 17.2 Å². The van der Waals surface area contributed by atoms with Gasteiger partial charge in [0.15, 0.2) is 0 Å². The Balaban J connectivity index is 1.90. The molecule has 0 saturated carbocycles. The molecule has 0 unspecified atom stereocenters. The zero-order chi connectivity index (χ0) is 24.0. The van der Waals surface area contributed by atoms with E-state index >= 15 is 0 Å². The number of nitrogens with one attached hydrogen (secondary N) is 1. The summed E-state index contributed by atoms with van der Waals surface area (Å²) in [6, 6.07) is 14.5. The number of hydrogen-bond donors (Lipinski definition) is 1. The minimum atomic E-state index is -0.380. The Morgan fingerprint density at radius 1 is 0.879 bits per heavy atom. The monoisotopic (exact) mass is 452 g/mol. The van der Waals surface area contributed by atoms with Crippen molar-refractivity contribution in [2.75, 3.05) is 32.2 Å². The Morgan fingerprint density at radius 3 is 2.09 bits per heavy atom. The van der Waals surface area contributed by atoms with Gasteiger partial charge in [-0.05, 0) is 61.7 Å². The summed E-state index contributed by atoms with van der Waals surface area (Å²) in [5, 5.41) is 3.15. The van der Waals surface area contributed by atoms with Crippen LogP contribution in [0.1, 0.15) is 33.3 Å². The molecule has 33 heavy (non-hydrogen) atoms. The Hall–Kier alpha value is -3.32. The number of benzene rings is 2. The van der Waals surface area contributed by atoms with Gasteiger partial charge in [-0.15, -0.1) is 0 Å². The molecule has 1 heterocycles. The summed E-state index contributed by atoms with van der Waals surface area (Å²) in [6.07, 6.45) is 0.0639. The first kappa shape index (κ1) is 24.3. The molecule has 1 N–H and O–H groups in total. The van der Waals surface area contributed by atoms with Crippen LogP contribution in [-0.4, -0.2) is 49.7 Å². The fraction of sp³-hybridized carbons (Fsp3) is 0.385. The Labute approximate surface area is 195 Å². The van der Waals surface area contributed by atoms with Gasteiger partial charge in [-0.25, -0.2) is 0 Å². The van der Waals surface area contributed by atoms with Gasteiger partial charge in [-0.2, -0.15) is 0 Å². The fourth-order valence-corrected chi connectivity index (χ4v) is 3.36. The number of amides is 2. The number of anilines is 1. The zero-order valence-electron chi connectivity index (χ0n) is 19.9. The smallest absolute Gasteiger partial charge is 0.278 e. The summed E-state index contributed by atoms with van der Waals surface area (Å²) in [6.45, 7) is 9.13. The minimum absolute atomic E-state index is 0.0639. The molecule has 0 bridgehead atoms. The van der Waals surface area contributed by atoms with Gasteiger partial charge in [0.2, 0.25) is 0 Å². The number of methoxy groups -OCH3 is 1. The van der Waals surface area contributed by atoms with Crippen LogP contribution in [0.5, 0.6) is 11.5 Å². The molecule has 0 saturated heterocycles. The molecule has 176 valence electrons. The molecule has 0 aromatic heterocycles. The number of ether oxygens (including phenoxy) is 3. The maximum absolute atomic E-state index is 13.2. The van der Waals surface area contributed by atoms with E-state index < -0.39 is 0 Å². The molecule has 1 aliphatic heterocycles. The van der Waals surface area contributed by atoms with Gasteiger partial charge in [0.25, 0.3) is 11.8 Å². The number of rotatable bonds is 11. The highest BCUT2D eigenvalue weighted by molar-refractivity contribution is 6.36. The predicted molar refractivity (Wildman–Crippen MR) is 128 cm³/mol. The van der Waals surface area contributed by atoms with Crippen molar-refractivity contribution >= 4 is 23.1 Å². The molecule has 7 nitrogen and oxygen atoms in total. The quantitative estimate of drug-likeness (QED) is 0.511. The average Bonchev–Trinajstić information content (AvgIpc) is 3.01. The SMILES string of the molecule is COCCN1C(=O)C(Nc2ccc(OC(C)C)cc2)=C(c2ccc(OCC(C)C)cc2)C1=O. The maximum Gasteiger partial charge on any atom is 0.278 e. The lowest BCUT2D eigenvalue weighted by atomic mass is 10.0.